The lowest BCUT2D eigenvalue weighted by atomic mass is 9.79. The summed E-state index contributed by atoms with van der Waals surface area (Å²) in [6, 6.07) is 3.70. The molecule has 0 saturated heterocycles. The number of nitrogens with two attached hydrogens (primary N) is 1. The number of hydrogen-bond acceptors (Lipinski definition) is 4. The van der Waals surface area contributed by atoms with Gasteiger partial charge in [0, 0.05) is 20.3 Å². The van der Waals surface area contributed by atoms with Gasteiger partial charge in [0.05, 0.1) is 0 Å². The second-order valence-electron chi connectivity index (χ2n) is 2.91. The summed E-state index contributed by atoms with van der Waals surface area (Å²) in [4.78, 5) is 0. The molecule has 0 unspecified atom stereocenters. The van der Waals surface area contributed by atoms with Gasteiger partial charge >= 0.3 is 7.12 Å². The molecular formula is C8H7BBrNO2S. The molecule has 14 heavy (non-hydrogen) atoms. The summed E-state index contributed by atoms with van der Waals surface area (Å²) in [5.74, 6) is 0. The van der Waals surface area contributed by atoms with Gasteiger partial charge in [-0.2, -0.15) is 0 Å². The number of halogens is 1. The highest BCUT2D eigenvalue weighted by molar-refractivity contribution is 9.10. The van der Waals surface area contributed by atoms with Crippen LogP contribution in [0.1, 0.15) is 0 Å². The van der Waals surface area contributed by atoms with Gasteiger partial charge in [-0.1, -0.05) is 0 Å². The van der Waals surface area contributed by atoms with E-state index in [4.69, 9.17) is 5.73 Å². The maximum atomic E-state index is 9.22. The Morgan fingerprint density at radius 1 is 1.43 bits per heavy atom. The van der Waals surface area contributed by atoms with Crippen LogP contribution in [0.25, 0.3) is 10.1 Å². The number of hydrogen-bond donors (Lipinski definition) is 3. The Labute approximate surface area is 93.4 Å². The van der Waals surface area contributed by atoms with Crippen molar-refractivity contribution in [2.24, 2.45) is 0 Å². The van der Waals surface area contributed by atoms with Crippen LogP contribution in [0.5, 0.6) is 0 Å². The summed E-state index contributed by atoms with van der Waals surface area (Å²) < 4.78 is 1.41. The van der Waals surface area contributed by atoms with Crippen LogP contribution in [0.4, 0.5) is 5.69 Å². The Bertz CT molecular complexity index is 485. The molecule has 0 aliphatic heterocycles. The smallest absolute Gasteiger partial charge is 0.423 e. The summed E-state index contributed by atoms with van der Waals surface area (Å²) in [5, 5.41) is 21.3. The maximum Gasteiger partial charge on any atom is 0.491 e. The van der Waals surface area contributed by atoms with Gasteiger partial charge in [-0.15, -0.1) is 11.3 Å². The largest absolute Gasteiger partial charge is 0.491 e. The predicted octanol–water partition coefficient (Wildman–Crippen LogP) is 0.926. The standard InChI is InChI=1S/C8H7BBrNO2S/c10-7-5(11)3-4-1-2-14-8(4)6(7)9(12)13/h1-3,12-13H,11H2. The fourth-order valence-corrected chi connectivity index (χ4v) is 2.97. The van der Waals surface area contributed by atoms with Gasteiger partial charge in [0.15, 0.2) is 0 Å². The molecule has 0 spiro atoms. The molecule has 1 aromatic heterocycles. The minimum Gasteiger partial charge on any atom is -0.423 e. The lowest BCUT2D eigenvalue weighted by Gasteiger charge is -2.07. The van der Waals surface area contributed by atoms with Crippen LogP contribution >= 0.6 is 27.3 Å². The van der Waals surface area contributed by atoms with E-state index in [9.17, 15) is 10.0 Å². The summed E-state index contributed by atoms with van der Waals surface area (Å²) in [7, 11) is -1.51. The molecule has 2 aromatic rings. The van der Waals surface area contributed by atoms with Crippen molar-refractivity contribution in [1.82, 2.24) is 0 Å². The second-order valence-corrected chi connectivity index (χ2v) is 4.62. The molecule has 6 heteroatoms. The van der Waals surface area contributed by atoms with Gasteiger partial charge in [0.2, 0.25) is 0 Å². The van der Waals surface area contributed by atoms with E-state index in [1.54, 1.807) is 0 Å². The van der Waals surface area contributed by atoms with Gasteiger partial charge in [-0.05, 0) is 38.8 Å². The highest BCUT2D eigenvalue weighted by Gasteiger charge is 2.21. The average molecular weight is 272 g/mol. The quantitative estimate of drug-likeness (QED) is 0.534. The van der Waals surface area contributed by atoms with Gasteiger partial charge in [0.1, 0.15) is 0 Å². The number of rotatable bonds is 1. The number of anilines is 1. The zero-order valence-electron chi connectivity index (χ0n) is 7.07. The number of thiophene rings is 1. The normalized spacial score (nSPS) is 10.8. The summed E-state index contributed by atoms with van der Waals surface area (Å²) in [6.45, 7) is 0. The topological polar surface area (TPSA) is 66.5 Å². The van der Waals surface area contributed by atoms with Crippen molar-refractivity contribution in [3.8, 4) is 0 Å². The molecule has 3 nitrogen and oxygen atoms in total. The molecule has 1 aromatic carbocycles. The van der Waals surface area contributed by atoms with Gasteiger partial charge in [-0.25, -0.2) is 0 Å². The molecule has 4 N–H and O–H groups in total. The first-order valence-electron chi connectivity index (χ1n) is 3.92. The predicted molar refractivity (Wildman–Crippen MR) is 63.8 cm³/mol. The Balaban J connectivity index is 2.86. The zero-order valence-corrected chi connectivity index (χ0v) is 9.47. The first-order chi connectivity index (χ1) is 6.61. The minimum atomic E-state index is -1.51. The summed E-state index contributed by atoms with van der Waals surface area (Å²) >= 11 is 4.71. The molecule has 72 valence electrons. The first-order valence-corrected chi connectivity index (χ1v) is 5.59. The van der Waals surface area contributed by atoms with E-state index in [0.29, 0.717) is 15.6 Å². The van der Waals surface area contributed by atoms with Crippen molar-refractivity contribution >= 4 is 55.6 Å². The van der Waals surface area contributed by atoms with Crippen molar-refractivity contribution in [1.29, 1.82) is 0 Å². The number of benzene rings is 1. The van der Waals surface area contributed by atoms with Crippen LogP contribution in [0.3, 0.4) is 0 Å². The third kappa shape index (κ3) is 1.44. The van der Waals surface area contributed by atoms with E-state index in [0.717, 1.165) is 10.1 Å². The molecule has 0 amide bonds. The monoisotopic (exact) mass is 271 g/mol. The van der Waals surface area contributed by atoms with Crippen LogP contribution in [-0.2, 0) is 0 Å². The van der Waals surface area contributed by atoms with E-state index in [1.807, 2.05) is 17.5 Å². The Morgan fingerprint density at radius 2 is 2.14 bits per heavy atom. The minimum absolute atomic E-state index is 0.440. The first kappa shape index (κ1) is 9.98. The molecular weight excluding hydrogens is 265 g/mol. The van der Waals surface area contributed by atoms with E-state index in [-0.39, 0.29) is 0 Å². The van der Waals surface area contributed by atoms with Crippen LogP contribution < -0.4 is 11.2 Å². The summed E-state index contributed by atoms with van der Waals surface area (Å²) in [6.07, 6.45) is 0. The molecule has 0 saturated carbocycles. The van der Waals surface area contributed by atoms with E-state index in [1.165, 1.54) is 11.3 Å². The molecule has 0 aliphatic carbocycles. The van der Waals surface area contributed by atoms with Crippen LogP contribution in [0.2, 0.25) is 0 Å². The Hall–Kier alpha value is -0.555. The summed E-state index contributed by atoms with van der Waals surface area (Å²) in [5.41, 5.74) is 6.67. The van der Waals surface area contributed by atoms with Gasteiger partial charge in [0.25, 0.3) is 0 Å². The molecule has 0 aliphatic rings. The SMILES string of the molecule is Nc1cc2ccsc2c(B(O)O)c1Br. The zero-order chi connectivity index (χ0) is 10.3. The van der Waals surface area contributed by atoms with Crippen molar-refractivity contribution in [2.75, 3.05) is 5.73 Å². The highest BCUT2D eigenvalue weighted by atomic mass is 79.9. The van der Waals surface area contributed by atoms with E-state index >= 15 is 0 Å². The third-order valence-electron chi connectivity index (χ3n) is 2.00. The lowest BCUT2D eigenvalue weighted by Crippen LogP contribution is -2.31. The Kier molecular flexibility index (Phi) is 2.53. The van der Waals surface area contributed by atoms with Crippen molar-refractivity contribution in [3.63, 3.8) is 0 Å². The molecule has 1 heterocycles. The van der Waals surface area contributed by atoms with Gasteiger partial charge < -0.3 is 15.8 Å². The Morgan fingerprint density at radius 3 is 2.79 bits per heavy atom. The van der Waals surface area contributed by atoms with Gasteiger partial charge in [-0.3, -0.25) is 0 Å². The molecule has 0 fully saturated rings. The molecule has 0 radical (unpaired) electrons. The van der Waals surface area contributed by atoms with E-state index in [2.05, 4.69) is 15.9 Å². The van der Waals surface area contributed by atoms with Crippen molar-refractivity contribution in [2.45, 2.75) is 0 Å². The van der Waals surface area contributed by atoms with Crippen molar-refractivity contribution in [3.05, 3.63) is 22.0 Å². The fourth-order valence-electron chi connectivity index (χ4n) is 1.37. The third-order valence-corrected chi connectivity index (χ3v) is 3.85. The number of fused-ring (bicyclic) bond motifs is 1. The van der Waals surface area contributed by atoms with Crippen LogP contribution in [-0.4, -0.2) is 17.2 Å². The maximum absolute atomic E-state index is 9.22. The van der Waals surface area contributed by atoms with Crippen LogP contribution in [0.15, 0.2) is 22.0 Å². The van der Waals surface area contributed by atoms with Crippen molar-refractivity contribution < 1.29 is 10.0 Å². The number of nitrogen functional groups attached to an aromatic ring is 1. The van der Waals surface area contributed by atoms with Crippen LogP contribution in [0, 0.1) is 0 Å². The fraction of sp³-hybridized carbons (Fsp3) is 0. The molecule has 0 atom stereocenters. The average Bonchev–Trinajstić information content (AvgIpc) is 2.52. The van der Waals surface area contributed by atoms with E-state index < -0.39 is 7.12 Å². The highest BCUT2D eigenvalue weighted by Crippen LogP contribution is 2.27. The molecule has 2 rings (SSSR count). The second kappa shape index (κ2) is 3.54. The molecule has 0 bridgehead atoms. The lowest BCUT2D eigenvalue weighted by molar-refractivity contribution is 0.426.